The van der Waals surface area contributed by atoms with Crippen LogP contribution in [0.2, 0.25) is 0 Å². The van der Waals surface area contributed by atoms with Crippen LogP contribution in [0.15, 0.2) is 35.5 Å². The van der Waals surface area contributed by atoms with Crippen molar-refractivity contribution >= 4 is 11.7 Å². The number of unbranched alkanes of at least 4 members (excludes halogenated alkanes) is 1. The van der Waals surface area contributed by atoms with Crippen molar-refractivity contribution in [2.24, 2.45) is 0 Å². The number of carbonyl (C=O) groups is 2. The van der Waals surface area contributed by atoms with Crippen LogP contribution in [0.3, 0.4) is 0 Å². The lowest BCUT2D eigenvalue weighted by molar-refractivity contribution is -0.127. The molecule has 1 amide bonds. The highest BCUT2D eigenvalue weighted by atomic mass is 16.2. The summed E-state index contributed by atoms with van der Waals surface area (Å²) in [4.78, 5) is 25.8. The second-order valence-corrected chi connectivity index (χ2v) is 6.50. The maximum atomic E-state index is 12.6. The van der Waals surface area contributed by atoms with Gasteiger partial charge in [-0.15, -0.1) is 0 Å². The van der Waals surface area contributed by atoms with Gasteiger partial charge in [-0.05, 0) is 58.8 Å². The zero-order valence-corrected chi connectivity index (χ0v) is 15.6. The molecule has 0 saturated carbocycles. The first-order chi connectivity index (χ1) is 11.6. The van der Waals surface area contributed by atoms with Crippen molar-refractivity contribution in [1.82, 2.24) is 4.90 Å². The van der Waals surface area contributed by atoms with E-state index in [1.807, 2.05) is 11.0 Å². The van der Waals surface area contributed by atoms with E-state index in [0.717, 1.165) is 57.2 Å². The molecule has 0 saturated heterocycles. The van der Waals surface area contributed by atoms with Gasteiger partial charge >= 0.3 is 0 Å². The highest BCUT2D eigenvalue weighted by Gasteiger charge is 2.20. The zero-order chi connectivity index (χ0) is 17.8. The molecule has 0 aromatic heterocycles. The molecule has 0 N–H and O–H groups in total. The lowest BCUT2D eigenvalue weighted by Gasteiger charge is -2.22. The Bertz CT molecular complexity index is 500. The predicted molar refractivity (Wildman–Crippen MR) is 101 cm³/mol. The van der Waals surface area contributed by atoms with Crippen LogP contribution in [0.5, 0.6) is 0 Å². The van der Waals surface area contributed by atoms with Gasteiger partial charge in [-0.2, -0.15) is 0 Å². The summed E-state index contributed by atoms with van der Waals surface area (Å²) in [5.41, 5.74) is 2.21. The summed E-state index contributed by atoms with van der Waals surface area (Å²) in [7, 11) is 0. The van der Waals surface area contributed by atoms with E-state index in [9.17, 15) is 9.59 Å². The molecule has 0 aromatic carbocycles. The summed E-state index contributed by atoms with van der Waals surface area (Å²) in [6, 6.07) is 0. The molecule has 0 atom stereocenters. The van der Waals surface area contributed by atoms with Crippen molar-refractivity contribution in [1.29, 1.82) is 0 Å². The molecule has 0 unspecified atom stereocenters. The largest absolute Gasteiger partial charge is 0.339 e. The average molecular weight is 332 g/mol. The van der Waals surface area contributed by atoms with Crippen molar-refractivity contribution < 1.29 is 9.59 Å². The molecule has 0 spiro atoms. The number of nitrogens with zero attached hydrogens (tertiary/aromatic N) is 1. The van der Waals surface area contributed by atoms with E-state index in [0.29, 0.717) is 12.8 Å². The summed E-state index contributed by atoms with van der Waals surface area (Å²) in [6.45, 7) is 7.48. The molecule has 0 bridgehead atoms. The van der Waals surface area contributed by atoms with Gasteiger partial charge in [0.2, 0.25) is 5.91 Å². The van der Waals surface area contributed by atoms with Gasteiger partial charge < -0.3 is 9.69 Å². The van der Waals surface area contributed by atoms with Crippen LogP contribution in [0.25, 0.3) is 0 Å². The van der Waals surface area contributed by atoms with Crippen LogP contribution >= 0.6 is 0 Å². The minimum atomic E-state index is 0.144. The van der Waals surface area contributed by atoms with E-state index in [1.54, 1.807) is 6.92 Å². The number of amides is 1. The van der Waals surface area contributed by atoms with Crippen molar-refractivity contribution in [2.45, 2.75) is 72.1 Å². The summed E-state index contributed by atoms with van der Waals surface area (Å²) in [6.07, 6.45) is 15.9. The van der Waals surface area contributed by atoms with Crippen molar-refractivity contribution in [3.05, 3.63) is 35.5 Å². The van der Waals surface area contributed by atoms with Crippen LogP contribution in [-0.2, 0) is 9.59 Å². The maximum Gasteiger partial charge on any atom is 0.249 e. The highest BCUT2D eigenvalue weighted by Crippen LogP contribution is 2.18. The fourth-order valence-corrected chi connectivity index (χ4v) is 2.91. The molecule has 1 rings (SSSR count). The van der Waals surface area contributed by atoms with Gasteiger partial charge in [-0.25, -0.2) is 0 Å². The van der Waals surface area contributed by atoms with E-state index in [4.69, 9.17) is 0 Å². The van der Waals surface area contributed by atoms with Gasteiger partial charge in [0.05, 0.1) is 0 Å². The molecular formula is C21H33NO2. The van der Waals surface area contributed by atoms with E-state index in [1.165, 1.54) is 5.57 Å². The molecule has 3 heteroatoms. The second kappa shape index (κ2) is 11.8. The fraction of sp³-hybridized carbons (Fsp3) is 0.619. The number of rotatable bonds is 10. The zero-order valence-electron chi connectivity index (χ0n) is 15.6. The van der Waals surface area contributed by atoms with Crippen LogP contribution < -0.4 is 0 Å². The third-order valence-corrected chi connectivity index (χ3v) is 4.41. The van der Waals surface area contributed by atoms with Crippen LogP contribution in [0.4, 0.5) is 0 Å². The van der Waals surface area contributed by atoms with Gasteiger partial charge in [0.15, 0.2) is 0 Å². The van der Waals surface area contributed by atoms with Gasteiger partial charge in [-0.1, -0.05) is 36.8 Å². The lowest BCUT2D eigenvalue weighted by atomic mass is 10.1. The van der Waals surface area contributed by atoms with Gasteiger partial charge in [0, 0.05) is 25.1 Å². The minimum Gasteiger partial charge on any atom is -0.339 e. The smallest absolute Gasteiger partial charge is 0.249 e. The Morgan fingerprint density at radius 1 is 1.29 bits per heavy atom. The van der Waals surface area contributed by atoms with E-state index < -0.39 is 0 Å². The fourth-order valence-electron chi connectivity index (χ4n) is 2.91. The molecule has 0 aromatic rings. The van der Waals surface area contributed by atoms with Crippen LogP contribution in [0, 0.1) is 0 Å². The van der Waals surface area contributed by atoms with Crippen molar-refractivity contribution in [2.75, 3.05) is 13.1 Å². The summed E-state index contributed by atoms with van der Waals surface area (Å²) in [5.74, 6) is 0.296. The summed E-state index contributed by atoms with van der Waals surface area (Å²) >= 11 is 0. The summed E-state index contributed by atoms with van der Waals surface area (Å²) < 4.78 is 0. The molecule has 0 fully saturated rings. The second-order valence-electron chi connectivity index (χ2n) is 6.50. The first-order valence-corrected chi connectivity index (χ1v) is 9.38. The topological polar surface area (TPSA) is 37.4 Å². The van der Waals surface area contributed by atoms with Crippen LogP contribution in [-0.4, -0.2) is 29.7 Å². The Morgan fingerprint density at radius 2 is 2.08 bits per heavy atom. The Kier molecular flexibility index (Phi) is 10.1. The van der Waals surface area contributed by atoms with Gasteiger partial charge in [0.1, 0.15) is 5.78 Å². The molecule has 0 aliphatic carbocycles. The number of hydrogen-bond acceptors (Lipinski definition) is 2. The Labute approximate surface area is 147 Å². The average Bonchev–Trinajstić information content (AvgIpc) is 2.74. The minimum absolute atomic E-state index is 0.144. The molecule has 134 valence electrons. The van der Waals surface area contributed by atoms with E-state index in [2.05, 4.69) is 32.1 Å². The Balaban J connectivity index is 2.43. The molecule has 1 heterocycles. The van der Waals surface area contributed by atoms with Gasteiger partial charge in [-0.3, -0.25) is 4.79 Å². The number of ketones is 1. The monoisotopic (exact) mass is 331 g/mol. The third-order valence-electron chi connectivity index (χ3n) is 4.41. The lowest BCUT2D eigenvalue weighted by Crippen LogP contribution is -2.33. The molecule has 24 heavy (non-hydrogen) atoms. The normalized spacial score (nSPS) is 16.5. The number of allylic oxidation sites excluding steroid dienone is 5. The quantitative estimate of drug-likeness (QED) is 0.418. The molecular weight excluding hydrogens is 298 g/mol. The molecule has 1 aliphatic rings. The first-order valence-electron chi connectivity index (χ1n) is 9.38. The summed E-state index contributed by atoms with van der Waals surface area (Å²) in [5, 5.41) is 0. The number of Topliss-reactive ketones (excluding diaryl/α,β-unsaturated/α-hetero) is 1. The molecule has 0 radical (unpaired) electrons. The predicted octanol–water partition coefficient (Wildman–Crippen LogP) is 4.99. The standard InChI is InChI=1S/C21H33NO2/c1-4-6-11-19(5-2)12-7-9-16-22-17-10-8-13-20(21(22)24)15-14-18(3)23/h5-6,11,13H,4,7-10,12,14-17H2,1-3H3/b11-6-,19-5+. The SMILES string of the molecule is C/C=C(\C=C/CC)CCCCN1CCCC=C(CCC(C)=O)C1=O. The number of carbonyl (C=O) groups excluding carboxylic acids is 2. The van der Waals surface area contributed by atoms with E-state index >= 15 is 0 Å². The van der Waals surface area contributed by atoms with Gasteiger partial charge in [0.25, 0.3) is 0 Å². The third kappa shape index (κ3) is 7.76. The Morgan fingerprint density at radius 3 is 2.75 bits per heavy atom. The highest BCUT2D eigenvalue weighted by molar-refractivity contribution is 5.94. The maximum absolute atomic E-state index is 12.6. The Hall–Kier alpha value is -1.64. The van der Waals surface area contributed by atoms with E-state index in [-0.39, 0.29) is 11.7 Å². The van der Waals surface area contributed by atoms with Crippen LogP contribution in [0.1, 0.15) is 72.1 Å². The molecule has 3 nitrogen and oxygen atoms in total. The van der Waals surface area contributed by atoms with Crippen molar-refractivity contribution in [3.63, 3.8) is 0 Å². The van der Waals surface area contributed by atoms with Crippen molar-refractivity contribution in [3.8, 4) is 0 Å². The molecule has 1 aliphatic heterocycles. The number of hydrogen-bond donors (Lipinski definition) is 0. The first kappa shape index (κ1) is 20.4.